The average molecular weight is 538 g/mol. The molecule has 3 heterocycles. The van der Waals surface area contributed by atoms with Crippen molar-refractivity contribution < 1.29 is 24.2 Å². The Morgan fingerprint density at radius 2 is 2.11 bits per heavy atom. The van der Waals surface area contributed by atoms with E-state index in [1.165, 1.54) is 11.1 Å². The van der Waals surface area contributed by atoms with Gasteiger partial charge in [0.25, 0.3) is 5.91 Å². The molecule has 5 rings (SSSR count). The van der Waals surface area contributed by atoms with Gasteiger partial charge in [-0.1, -0.05) is 35.9 Å². The first kappa shape index (κ1) is 25.9. The predicted octanol–water partition coefficient (Wildman–Crippen LogP) is 2.81. The number of nitrogens with zero attached hydrogens (tertiary/aromatic N) is 3. The number of ether oxygens (including phenoxy) is 2. The molecular weight excluding hydrogens is 510 g/mol. The van der Waals surface area contributed by atoms with Crippen LogP contribution in [0.3, 0.4) is 0 Å². The first-order chi connectivity index (χ1) is 18.3. The maximum absolute atomic E-state index is 13.2. The van der Waals surface area contributed by atoms with Crippen LogP contribution >= 0.6 is 11.6 Å². The molecule has 1 saturated heterocycles. The lowest BCUT2D eigenvalue weighted by Gasteiger charge is -2.40. The molecular formula is C27H28ClN5O5. The van der Waals surface area contributed by atoms with E-state index < -0.39 is 5.54 Å². The lowest BCUT2D eigenvalue weighted by molar-refractivity contribution is -0.122. The summed E-state index contributed by atoms with van der Waals surface area (Å²) in [6.45, 7) is 2.72. The van der Waals surface area contributed by atoms with Crippen LogP contribution in [-0.4, -0.2) is 70.8 Å². The monoisotopic (exact) mass is 537 g/mol. The van der Waals surface area contributed by atoms with Gasteiger partial charge in [-0.3, -0.25) is 9.59 Å². The predicted molar refractivity (Wildman–Crippen MR) is 141 cm³/mol. The van der Waals surface area contributed by atoms with Crippen LogP contribution in [-0.2, 0) is 16.1 Å². The van der Waals surface area contributed by atoms with Gasteiger partial charge in [0.2, 0.25) is 11.9 Å². The van der Waals surface area contributed by atoms with Gasteiger partial charge < -0.3 is 30.1 Å². The minimum absolute atomic E-state index is 0.0647. The molecule has 0 bridgehead atoms. The number of anilines is 1. The van der Waals surface area contributed by atoms with Crippen LogP contribution in [0.2, 0.25) is 5.02 Å². The largest absolute Gasteiger partial charge is 0.497 e. The summed E-state index contributed by atoms with van der Waals surface area (Å²) in [6, 6.07) is 12.7. The number of rotatable bonds is 9. The topological polar surface area (TPSA) is 126 Å². The molecule has 11 heteroatoms. The van der Waals surface area contributed by atoms with E-state index in [9.17, 15) is 14.7 Å². The van der Waals surface area contributed by atoms with Crippen LogP contribution in [0.5, 0.6) is 5.75 Å². The molecule has 10 nitrogen and oxygen atoms in total. The molecule has 3 N–H and O–H groups in total. The molecule has 1 fully saturated rings. The SMILES string of the molecule is COc1cccc([C@@H](C)NC(=O)CN2Cc3ccc(-c4nc(NC5(CO)COC5)ncc4Cl)cc3C2=O)c1. The molecule has 0 aliphatic carbocycles. The highest BCUT2D eigenvalue weighted by Gasteiger charge is 2.39. The van der Waals surface area contributed by atoms with Crippen LogP contribution in [0.4, 0.5) is 5.95 Å². The Balaban J connectivity index is 1.28. The maximum Gasteiger partial charge on any atom is 0.254 e. The van der Waals surface area contributed by atoms with Gasteiger partial charge in [-0.15, -0.1) is 0 Å². The number of fused-ring (bicyclic) bond motifs is 1. The minimum atomic E-state index is -0.621. The number of aromatic nitrogens is 2. The van der Waals surface area contributed by atoms with Gasteiger partial charge in [0.1, 0.15) is 17.8 Å². The van der Waals surface area contributed by atoms with E-state index in [1.807, 2.05) is 43.3 Å². The molecule has 3 aromatic rings. The molecule has 2 aliphatic heterocycles. The molecule has 0 saturated carbocycles. The van der Waals surface area contributed by atoms with Gasteiger partial charge in [0.15, 0.2) is 0 Å². The Labute approximate surface area is 224 Å². The summed E-state index contributed by atoms with van der Waals surface area (Å²) in [5.41, 5.74) is 2.71. The summed E-state index contributed by atoms with van der Waals surface area (Å²) in [5, 5.41) is 16.1. The van der Waals surface area contributed by atoms with Gasteiger partial charge in [0.05, 0.1) is 49.9 Å². The van der Waals surface area contributed by atoms with Crippen LogP contribution < -0.4 is 15.4 Å². The number of hydrogen-bond acceptors (Lipinski definition) is 8. The third kappa shape index (κ3) is 5.15. The van der Waals surface area contributed by atoms with E-state index in [2.05, 4.69) is 20.6 Å². The molecule has 0 spiro atoms. The quantitative estimate of drug-likeness (QED) is 0.380. The second-order valence-electron chi connectivity index (χ2n) is 9.55. The van der Waals surface area contributed by atoms with Crippen molar-refractivity contribution in [1.82, 2.24) is 20.2 Å². The van der Waals surface area contributed by atoms with Crippen molar-refractivity contribution in [2.75, 3.05) is 38.8 Å². The van der Waals surface area contributed by atoms with Gasteiger partial charge in [-0.25, -0.2) is 9.97 Å². The Kier molecular flexibility index (Phi) is 7.20. The molecule has 0 radical (unpaired) electrons. The summed E-state index contributed by atoms with van der Waals surface area (Å²) < 4.78 is 10.5. The van der Waals surface area contributed by atoms with Crippen molar-refractivity contribution in [1.29, 1.82) is 0 Å². The summed E-state index contributed by atoms with van der Waals surface area (Å²) in [7, 11) is 1.59. The summed E-state index contributed by atoms with van der Waals surface area (Å²) in [5.74, 6) is 0.521. The van der Waals surface area contributed by atoms with Crippen molar-refractivity contribution in [3.8, 4) is 17.0 Å². The van der Waals surface area contributed by atoms with E-state index >= 15 is 0 Å². The Morgan fingerprint density at radius 1 is 1.29 bits per heavy atom. The third-order valence-electron chi connectivity index (χ3n) is 6.75. The minimum Gasteiger partial charge on any atom is -0.497 e. The van der Waals surface area contributed by atoms with Gasteiger partial charge >= 0.3 is 0 Å². The number of methoxy groups -OCH3 is 1. The number of nitrogens with one attached hydrogen (secondary N) is 2. The average Bonchev–Trinajstić information content (AvgIpc) is 3.21. The van der Waals surface area contributed by atoms with E-state index in [1.54, 1.807) is 13.2 Å². The fraction of sp³-hybridized carbons (Fsp3) is 0.333. The summed E-state index contributed by atoms with van der Waals surface area (Å²) in [4.78, 5) is 36.2. The van der Waals surface area contributed by atoms with Crippen molar-refractivity contribution in [3.05, 3.63) is 70.4 Å². The zero-order chi connectivity index (χ0) is 26.9. The molecule has 2 aromatic carbocycles. The Bertz CT molecular complexity index is 1370. The van der Waals surface area contributed by atoms with Crippen LogP contribution in [0.25, 0.3) is 11.3 Å². The Hall–Kier alpha value is -3.73. The van der Waals surface area contributed by atoms with Gasteiger partial charge in [-0.2, -0.15) is 0 Å². The lowest BCUT2D eigenvalue weighted by Crippen LogP contribution is -2.58. The van der Waals surface area contributed by atoms with Crippen molar-refractivity contribution in [2.24, 2.45) is 0 Å². The highest BCUT2D eigenvalue weighted by molar-refractivity contribution is 6.33. The first-order valence-electron chi connectivity index (χ1n) is 12.2. The number of carbonyl (C=O) groups is 2. The van der Waals surface area contributed by atoms with E-state index in [0.717, 1.165) is 11.1 Å². The molecule has 2 amide bonds. The number of aliphatic hydroxyl groups is 1. The highest BCUT2D eigenvalue weighted by Crippen LogP contribution is 2.32. The first-order valence-corrected chi connectivity index (χ1v) is 12.5. The molecule has 198 valence electrons. The smallest absolute Gasteiger partial charge is 0.254 e. The Morgan fingerprint density at radius 3 is 2.82 bits per heavy atom. The summed E-state index contributed by atoms with van der Waals surface area (Å²) >= 11 is 6.40. The number of hydrogen-bond donors (Lipinski definition) is 3. The standard InChI is InChI=1S/C27H28ClN5O5/c1-16(17-4-3-5-20(8-17)37-2)30-23(35)12-33-11-19-7-6-18(9-21(19)25(33)36)24-22(28)10-29-26(31-24)32-27(13-34)14-38-15-27/h3-10,16,34H,11-15H2,1-2H3,(H,30,35)(H,29,31,32)/t16-/m1/s1. The fourth-order valence-electron chi connectivity index (χ4n) is 4.51. The highest BCUT2D eigenvalue weighted by atomic mass is 35.5. The number of amides is 2. The third-order valence-corrected chi connectivity index (χ3v) is 7.02. The van der Waals surface area contributed by atoms with Gasteiger partial charge in [-0.05, 0) is 36.2 Å². The maximum atomic E-state index is 13.2. The molecule has 1 atom stereocenters. The zero-order valence-electron chi connectivity index (χ0n) is 21.0. The normalized spacial score (nSPS) is 16.4. The van der Waals surface area contributed by atoms with Crippen molar-refractivity contribution in [3.63, 3.8) is 0 Å². The lowest BCUT2D eigenvalue weighted by atomic mass is 9.99. The van der Waals surface area contributed by atoms with Crippen molar-refractivity contribution >= 4 is 29.4 Å². The second kappa shape index (κ2) is 10.6. The molecule has 38 heavy (non-hydrogen) atoms. The zero-order valence-corrected chi connectivity index (χ0v) is 21.8. The second-order valence-corrected chi connectivity index (χ2v) is 9.95. The molecule has 1 aromatic heterocycles. The molecule has 2 aliphatic rings. The number of carbonyl (C=O) groups excluding carboxylic acids is 2. The van der Waals surface area contributed by atoms with Crippen molar-refractivity contribution in [2.45, 2.75) is 25.0 Å². The van der Waals surface area contributed by atoms with E-state index in [4.69, 9.17) is 21.1 Å². The number of halogens is 1. The summed E-state index contributed by atoms with van der Waals surface area (Å²) in [6.07, 6.45) is 1.48. The number of benzene rings is 2. The van der Waals surface area contributed by atoms with Crippen LogP contribution in [0.1, 0.15) is 34.5 Å². The number of aliphatic hydroxyl groups excluding tert-OH is 1. The van der Waals surface area contributed by atoms with Gasteiger partial charge in [0, 0.05) is 17.7 Å². The van der Waals surface area contributed by atoms with E-state index in [-0.39, 0.29) is 31.0 Å². The van der Waals surface area contributed by atoms with Crippen LogP contribution in [0, 0.1) is 0 Å². The van der Waals surface area contributed by atoms with Crippen LogP contribution in [0.15, 0.2) is 48.7 Å². The van der Waals surface area contributed by atoms with E-state index in [0.29, 0.717) is 53.3 Å². The molecule has 0 unspecified atom stereocenters. The fourth-order valence-corrected chi connectivity index (χ4v) is 4.71.